The molecule has 37 heavy (non-hydrogen) atoms. The number of ketones is 1. The summed E-state index contributed by atoms with van der Waals surface area (Å²) in [4.78, 5) is 24.8. The number of Topliss-reactive ketones (excluding diaryl/α,β-unsaturated/α-hetero) is 1. The van der Waals surface area contributed by atoms with Gasteiger partial charge in [0.2, 0.25) is 0 Å². The average Bonchev–Trinajstić information content (AvgIpc) is 3.29. The van der Waals surface area contributed by atoms with Crippen molar-refractivity contribution in [1.82, 2.24) is 14.3 Å². The number of esters is 1. The number of aliphatic hydroxyl groups excluding tert-OH is 1. The summed E-state index contributed by atoms with van der Waals surface area (Å²) in [5, 5.41) is 15.7. The molecule has 0 aliphatic heterocycles. The van der Waals surface area contributed by atoms with Crippen LogP contribution in [0.2, 0.25) is 0 Å². The molecule has 0 aliphatic carbocycles. The highest BCUT2D eigenvalue weighted by molar-refractivity contribution is 6.06. The molecule has 0 aliphatic rings. The fraction of sp³-hybridized carbons (Fsp3) is 0.345. The van der Waals surface area contributed by atoms with Gasteiger partial charge in [-0.1, -0.05) is 30.3 Å². The van der Waals surface area contributed by atoms with Gasteiger partial charge in [-0.15, -0.1) is 0 Å². The van der Waals surface area contributed by atoms with Crippen LogP contribution < -0.4 is 4.74 Å². The van der Waals surface area contributed by atoms with Crippen LogP contribution in [0.4, 0.5) is 0 Å². The SMILES string of the molecule is CCOC(=O)c1c(C)n(Cc2ccccc2)c2ccc(OC[C@@H](O)Cn3nc(C)c(C(C)=O)c3C)cc12. The van der Waals surface area contributed by atoms with Crippen LogP contribution in [0.5, 0.6) is 5.75 Å². The molecule has 0 bridgehead atoms. The third kappa shape index (κ3) is 5.44. The summed E-state index contributed by atoms with van der Waals surface area (Å²) < 4.78 is 15.0. The van der Waals surface area contributed by atoms with E-state index in [4.69, 9.17) is 9.47 Å². The highest BCUT2D eigenvalue weighted by atomic mass is 16.5. The van der Waals surface area contributed by atoms with Gasteiger partial charge >= 0.3 is 5.97 Å². The van der Waals surface area contributed by atoms with Crippen molar-refractivity contribution in [2.75, 3.05) is 13.2 Å². The van der Waals surface area contributed by atoms with Crippen molar-refractivity contribution in [3.05, 3.63) is 82.3 Å². The Balaban J connectivity index is 1.58. The van der Waals surface area contributed by atoms with E-state index < -0.39 is 6.10 Å². The van der Waals surface area contributed by atoms with Crippen LogP contribution in [0.1, 0.15) is 57.2 Å². The monoisotopic (exact) mass is 503 g/mol. The summed E-state index contributed by atoms with van der Waals surface area (Å²) in [5.74, 6) is 0.110. The minimum absolute atomic E-state index is 0.0255. The van der Waals surface area contributed by atoms with Crippen LogP contribution in [-0.2, 0) is 17.8 Å². The molecule has 0 fully saturated rings. The van der Waals surface area contributed by atoms with Crippen LogP contribution in [-0.4, -0.2) is 50.5 Å². The van der Waals surface area contributed by atoms with Gasteiger partial charge in [-0.3, -0.25) is 9.48 Å². The Morgan fingerprint density at radius 3 is 2.41 bits per heavy atom. The molecular weight excluding hydrogens is 470 g/mol. The normalized spacial score (nSPS) is 12.1. The highest BCUT2D eigenvalue weighted by Crippen LogP contribution is 2.31. The van der Waals surface area contributed by atoms with Crippen LogP contribution in [0.25, 0.3) is 10.9 Å². The lowest BCUT2D eigenvalue weighted by atomic mass is 10.1. The molecule has 4 aromatic rings. The fourth-order valence-corrected chi connectivity index (χ4v) is 4.81. The first-order chi connectivity index (χ1) is 17.7. The summed E-state index contributed by atoms with van der Waals surface area (Å²) in [5.41, 5.74) is 5.30. The summed E-state index contributed by atoms with van der Waals surface area (Å²) in [6, 6.07) is 15.6. The number of nitrogens with zero attached hydrogens (tertiary/aromatic N) is 3. The first-order valence-corrected chi connectivity index (χ1v) is 12.4. The molecule has 4 rings (SSSR count). The van der Waals surface area contributed by atoms with E-state index in [1.54, 1.807) is 18.5 Å². The lowest BCUT2D eigenvalue weighted by Gasteiger charge is -2.14. The standard InChI is InChI=1S/C29H33N3O5/c1-6-36-29(35)28-19(3)31(15-22-10-8-7-9-11-22)26-13-12-24(14-25(26)28)37-17-23(34)16-32-20(4)27(21(5)33)18(2)30-32/h7-14,23,34H,6,15-17H2,1-5H3/t23-/m0/s1. The van der Waals surface area contributed by atoms with Gasteiger partial charge in [0.15, 0.2) is 5.78 Å². The molecule has 0 saturated heterocycles. The van der Waals surface area contributed by atoms with Gasteiger partial charge in [0, 0.05) is 28.8 Å². The lowest BCUT2D eigenvalue weighted by Crippen LogP contribution is -2.25. The molecule has 1 N–H and O–H groups in total. The predicted molar refractivity (Wildman–Crippen MR) is 141 cm³/mol. The Labute approximate surface area is 216 Å². The fourth-order valence-electron chi connectivity index (χ4n) is 4.81. The lowest BCUT2D eigenvalue weighted by molar-refractivity contribution is 0.0527. The van der Waals surface area contributed by atoms with Gasteiger partial charge in [-0.2, -0.15) is 5.10 Å². The third-order valence-electron chi connectivity index (χ3n) is 6.52. The van der Waals surface area contributed by atoms with Gasteiger partial charge in [-0.05, 0) is 58.4 Å². The van der Waals surface area contributed by atoms with Gasteiger partial charge in [0.25, 0.3) is 0 Å². The number of carbonyl (C=O) groups is 2. The van der Waals surface area contributed by atoms with Gasteiger partial charge in [0.05, 0.1) is 30.0 Å². The number of aryl methyl sites for hydroxylation is 1. The largest absolute Gasteiger partial charge is 0.491 e. The Morgan fingerprint density at radius 1 is 1.03 bits per heavy atom. The van der Waals surface area contributed by atoms with E-state index in [-0.39, 0.29) is 31.5 Å². The molecule has 0 unspecified atom stereocenters. The zero-order valence-electron chi connectivity index (χ0n) is 21.9. The van der Waals surface area contributed by atoms with Gasteiger partial charge < -0.3 is 19.1 Å². The van der Waals surface area contributed by atoms with Crippen LogP contribution in [0.15, 0.2) is 48.5 Å². The Morgan fingerprint density at radius 2 is 1.76 bits per heavy atom. The number of fused-ring (bicyclic) bond motifs is 1. The van der Waals surface area contributed by atoms with E-state index in [0.29, 0.717) is 29.1 Å². The minimum atomic E-state index is -0.845. The van der Waals surface area contributed by atoms with E-state index in [0.717, 1.165) is 27.9 Å². The average molecular weight is 504 g/mol. The first kappa shape index (κ1) is 26.2. The maximum Gasteiger partial charge on any atom is 0.340 e. The van der Waals surface area contributed by atoms with Crippen molar-refractivity contribution in [2.24, 2.45) is 0 Å². The topological polar surface area (TPSA) is 95.6 Å². The van der Waals surface area contributed by atoms with Gasteiger partial charge in [-0.25, -0.2) is 4.79 Å². The Kier molecular flexibility index (Phi) is 7.78. The number of carbonyl (C=O) groups excluding carboxylic acids is 2. The molecule has 2 aromatic carbocycles. The first-order valence-electron chi connectivity index (χ1n) is 12.4. The molecule has 2 aromatic heterocycles. The number of aromatic nitrogens is 3. The maximum absolute atomic E-state index is 12.9. The number of hydrogen-bond donors (Lipinski definition) is 1. The summed E-state index contributed by atoms with van der Waals surface area (Å²) >= 11 is 0. The number of aliphatic hydroxyl groups is 1. The summed E-state index contributed by atoms with van der Waals surface area (Å²) in [6.45, 7) is 9.94. The van der Waals surface area contributed by atoms with E-state index in [2.05, 4.69) is 21.8 Å². The molecule has 1 atom stereocenters. The smallest absolute Gasteiger partial charge is 0.340 e. The van der Waals surface area contributed by atoms with Crippen molar-refractivity contribution in [3.63, 3.8) is 0 Å². The Hall–Kier alpha value is -3.91. The number of rotatable bonds is 10. The van der Waals surface area contributed by atoms with Crippen molar-refractivity contribution >= 4 is 22.7 Å². The Bertz CT molecular complexity index is 1440. The second-order valence-electron chi connectivity index (χ2n) is 9.18. The maximum atomic E-state index is 12.9. The van der Waals surface area contributed by atoms with Crippen molar-refractivity contribution in [3.8, 4) is 5.75 Å². The zero-order valence-corrected chi connectivity index (χ0v) is 21.9. The highest BCUT2D eigenvalue weighted by Gasteiger charge is 2.22. The van der Waals surface area contributed by atoms with Crippen LogP contribution in [0.3, 0.4) is 0 Å². The van der Waals surface area contributed by atoms with Crippen molar-refractivity contribution in [2.45, 2.75) is 53.8 Å². The molecule has 2 heterocycles. The molecule has 194 valence electrons. The van der Waals surface area contributed by atoms with E-state index >= 15 is 0 Å². The minimum Gasteiger partial charge on any atom is -0.491 e. The molecular formula is C29H33N3O5. The number of benzene rings is 2. The third-order valence-corrected chi connectivity index (χ3v) is 6.52. The van der Waals surface area contributed by atoms with E-state index in [9.17, 15) is 14.7 Å². The molecule has 0 radical (unpaired) electrons. The van der Waals surface area contributed by atoms with Crippen molar-refractivity contribution in [1.29, 1.82) is 0 Å². The molecule has 0 saturated carbocycles. The number of hydrogen-bond acceptors (Lipinski definition) is 6. The summed E-state index contributed by atoms with van der Waals surface area (Å²) in [7, 11) is 0. The van der Waals surface area contributed by atoms with Crippen LogP contribution >= 0.6 is 0 Å². The zero-order chi connectivity index (χ0) is 26.7. The molecule has 8 nitrogen and oxygen atoms in total. The second kappa shape index (κ2) is 11.0. The number of ether oxygens (including phenoxy) is 2. The van der Waals surface area contributed by atoms with E-state index in [1.165, 1.54) is 6.92 Å². The van der Waals surface area contributed by atoms with Crippen molar-refractivity contribution < 1.29 is 24.2 Å². The predicted octanol–water partition coefficient (Wildman–Crippen LogP) is 4.63. The molecule has 0 amide bonds. The molecule has 8 heteroatoms. The van der Waals surface area contributed by atoms with Gasteiger partial charge in [0.1, 0.15) is 18.5 Å². The van der Waals surface area contributed by atoms with Crippen LogP contribution in [0, 0.1) is 20.8 Å². The molecule has 0 spiro atoms. The second-order valence-corrected chi connectivity index (χ2v) is 9.18. The quantitative estimate of drug-likeness (QED) is 0.250. The summed E-state index contributed by atoms with van der Waals surface area (Å²) in [6.07, 6.45) is -0.845. The van der Waals surface area contributed by atoms with E-state index in [1.807, 2.05) is 50.2 Å².